The van der Waals surface area contributed by atoms with Crippen molar-refractivity contribution in [3.8, 4) is 0 Å². The van der Waals surface area contributed by atoms with Gasteiger partial charge in [-0.15, -0.1) is 0 Å². The van der Waals surface area contributed by atoms with Gasteiger partial charge in [0.15, 0.2) is 0 Å². The lowest BCUT2D eigenvalue weighted by Crippen LogP contribution is -2.59. The van der Waals surface area contributed by atoms with Crippen molar-refractivity contribution in [2.75, 3.05) is 53.0 Å². The van der Waals surface area contributed by atoms with E-state index in [9.17, 15) is 0 Å². The first kappa shape index (κ1) is 12.3. The summed E-state index contributed by atoms with van der Waals surface area (Å²) in [6.07, 6.45) is 3.45. The summed E-state index contributed by atoms with van der Waals surface area (Å²) in [4.78, 5) is 5.08. The third-order valence-electron chi connectivity index (χ3n) is 4.21. The van der Waals surface area contributed by atoms with Gasteiger partial charge in [0, 0.05) is 44.9 Å². The van der Waals surface area contributed by atoms with Crippen molar-refractivity contribution in [2.24, 2.45) is 5.73 Å². The molecule has 2 fully saturated rings. The highest BCUT2D eigenvalue weighted by Gasteiger charge is 2.38. The van der Waals surface area contributed by atoms with Gasteiger partial charge in [0.25, 0.3) is 0 Å². The monoisotopic (exact) mass is 227 g/mol. The molecule has 16 heavy (non-hydrogen) atoms. The Kier molecular flexibility index (Phi) is 4.19. The Labute approximate surface area is 98.7 Å². The van der Waals surface area contributed by atoms with Crippen LogP contribution in [0.1, 0.15) is 19.3 Å². The average Bonchev–Trinajstić information content (AvgIpc) is 2.31. The van der Waals surface area contributed by atoms with Gasteiger partial charge in [-0.25, -0.2) is 0 Å². The Morgan fingerprint density at radius 1 is 1.12 bits per heavy atom. The molecule has 94 valence electrons. The third kappa shape index (κ3) is 2.56. The molecule has 0 aromatic heterocycles. The number of nitrogens with two attached hydrogens (primary N) is 1. The summed E-state index contributed by atoms with van der Waals surface area (Å²) in [5.41, 5.74) is 6.14. The molecule has 0 saturated carbocycles. The molecule has 2 aliphatic heterocycles. The molecule has 2 N–H and O–H groups in total. The molecule has 0 amide bonds. The molecule has 0 radical (unpaired) electrons. The molecule has 2 saturated heterocycles. The van der Waals surface area contributed by atoms with Crippen molar-refractivity contribution in [3.63, 3.8) is 0 Å². The molecular formula is C12H25N3O. The Balaban J connectivity index is 2.00. The first-order valence-electron chi connectivity index (χ1n) is 6.48. The maximum absolute atomic E-state index is 5.80. The summed E-state index contributed by atoms with van der Waals surface area (Å²) in [6.45, 7) is 7.37. The van der Waals surface area contributed by atoms with Crippen molar-refractivity contribution in [2.45, 2.75) is 24.8 Å². The van der Waals surface area contributed by atoms with Gasteiger partial charge in [0.1, 0.15) is 0 Å². The molecule has 2 aliphatic rings. The predicted molar refractivity (Wildman–Crippen MR) is 65.5 cm³/mol. The van der Waals surface area contributed by atoms with Crippen LogP contribution in [0.15, 0.2) is 0 Å². The van der Waals surface area contributed by atoms with Gasteiger partial charge in [0.05, 0.1) is 0 Å². The van der Waals surface area contributed by atoms with Crippen LogP contribution in [0.4, 0.5) is 0 Å². The minimum Gasteiger partial charge on any atom is -0.381 e. The molecule has 0 bridgehead atoms. The minimum atomic E-state index is 0.342. The fourth-order valence-electron chi connectivity index (χ4n) is 3.03. The normalized spacial score (nSPS) is 28.1. The molecule has 2 heterocycles. The van der Waals surface area contributed by atoms with E-state index in [1.54, 1.807) is 0 Å². The van der Waals surface area contributed by atoms with E-state index in [1.807, 2.05) is 0 Å². The molecule has 0 aromatic rings. The molecule has 2 rings (SSSR count). The Morgan fingerprint density at radius 2 is 1.75 bits per heavy atom. The largest absolute Gasteiger partial charge is 0.381 e. The summed E-state index contributed by atoms with van der Waals surface area (Å²) in [5, 5.41) is 0. The zero-order valence-electron chi connectivity index (χ0n) is 10.5. The SMILES string of the molecule is CN1CCN(C2(CCN)CCOCC2)CC1. The molecular weight excluding hydrogens is 202 g/mol. The highest BCUT2D eigenvalue weighted by molar-refractivity contribution is 4.94. The fourth-order valence-corrected chi connectivity index (χ4v) is 3.03. The van der Waals surface area contributed by atoms with Crippen LogP contribution in [-0.4, -0.2) is 68.3 Å². The molecule has 0 unspecified atom stereocenters. The number of nitrogens with zero attached hydrogens (tertiary/aromatic N) is 2. The van der Waals surface area contributed by atoms with Crippen LogP contribution >= 0.6 is 0 Å². The van der Waals surface area contributed by atoms with E-state index < -0.39 is 0 Å². The summed E-state index contributed by atoms with van der Waals surface area (Å²) in [5.74, 6) is 0. The minimum absolute atomic E-state index is 0.342. The number of likely N-dealkylation sites (N-methyl/N-ethyl adjacent to an activating group) is 1. The van der Waals surface area contributed by atoms with Crippen molar-refractivity contribution >= 4 is 0 Å². The van der Waals surface area contributed by atoms with E-state index in [0.717, 1.165) is 39.0 Å². The molecule has 0 spiro atoms. The van der Waals surface area contributed by atoms with Crippen molar-refractivity contribution < 1.29 is 4.74 Å². The second kappa shape index (κ2) is 5.45. The van der Waals surface area contributed by atoms with Crippen molar-refractivity contribution in [3.05, 3.63) is 0 Å². The van der Waals surface area contributed by atoms with Gasteiger partial charge in [-0.1, -0.05) is 0 Å². The molecule has 0 aliphatic carbocycles. The van der Waals surface area contributed by atoms with Crippen LogP contribution in [0.5, 0.6) is 0 Å². The second-order valence-corrected chi connectivity index (χ2v) is 5.17. The Morgan fingerprint density at radius 3 is 2.31 bits per heavy atom. The lowest BCUT2D eigenvalue weighted by atomic mass is 9.84. The quantitative estimate of drug-likeness (QED) is 0.744. The molecule has 0 aromatic carbocycles. The molecule has 0 atom stereocenters. The highest BCUT2D eigenvalue weighted by Crippen LogP contribution is 2.31. The highest BCUT2D eigenvalue weighted by atomic mass is 16.5. The van der Waals surface area contributed by atoms with Crippen LogP contribution < -0.4 is 5.73 Å². The lowest BCUT2D eigenvalue weighted by molar-refractivity contribution is -0.0477. The van der Waals surface area contributed by atoms with E-state index in [0.29, 0.717) is 5.54 Å². The van der Waals surface area contributed by atoms with Crippen LogP contribution in [-0.2, 0) is 4.74 Å². The number of hydrogen-bond donors (Lipinski definition) is 1. The van der Waals surface area contributed by atoms with E-state index in [1.165, 1.54) is 26.2 Å². The Hall–Kier alpha value is -0.160. The zero-order valence-corrected chi connectivity index (χ0v) is 10.5. The molecule has 4 heteroatoms. The smallest absolute Gasteiger partial charge is 0.0483 e. The molecule has 4 nitrogen and oxygen atoms in total. The van der Waals surface area contributed by atoms with Crippen molar-refractivity contribution in [1.82, 2.24) is 9.80 Å². The van der Waals surface area contributed by atoms with Crippen LogP contribution in [0.25, 0.3) is 0 Å². The van der Waals surface area contributed by atoms with Crippen molar-refractivity contribution in [1.29, 1.82) is 0 Å². The maximum atomic E-state index is 5.80. The Bertz CT molecular complexity index is 203. The van der Waals surface area contributed by atoms with E-state index in [2.05, 4.69) is 16.8 Å². The number of piperazine rings is 1. The van der Waals surface area contributed by atoms with Gasteiger partial charge in [0.2, 0.25) is 0 Å². The fraction of sp³-hybridized carbons (Fsp3) is 1.00. The topological polar surface area (TPSA) is 41.7 Å². The maximum Gasteiger partial charge on any atom is 0.0483 e. The predicted octanol–water partition coefficient (Wildman–Crippen LogP) is 0.132. The third-order valence-corrected chi connectivity index (χ3v) is 4.21. The summed E-state index contributed by atoms with van der Waals surface area (Å²) >= 11 is 0. The van der Waals surface area contributed by atoms with Gasteiger partial charge in [-0.2, -0.15) is 0 Å². The van der Waals surface area contributed by atoms with Gasteiger partial charge in [-0.05, 0) is 32.9 Å². The van der Waals surface area contributed by atoms with E-state index in [4.69, 9.17) is 10.5 Å². The van der Waals surface area contributed by atoms with Gasteiger partial charge in [-0.3, -0.25) is 4.90 Å². The summed E-state index contributed by atoms with van der Waals surface area (Å²) < 4.78 is 5.51. The zero-order chi connectivity index (χ0) is 11.4. The van der Waals surface area contributed by atoms with Crippen LogP contribution in [0.2, 0.25) is 0 Å². The average molecular weight is 227 g/mol. The first-order chi connectivity index (χ1) is 7.77. The summed E-state index contributed by atoms with van der Waals surface area (Å²) in [7, 11) is 2.21. The van der Waals surface area contributed by atoms with Gasteiger partial charge >= 0.3 is 0 Å². The standard InChI is InChI=1S/C12H25N3O/c1-14-6-8-15(9-7-14)12(2-5-13)3-10-16-11-4-12/h2-11,13H2,1H3. The van der Waals surface area contributed by atoms with E-state index >= 15 is 0 Å². The second-order valence-electron chi connectivity index (χ2n) is 5.17. The van der Waals surface area contributed by atoms with Crippen LogP contribution in [0, 0.1) is 0 Å². The van der Waals surface area contributed by atoms with E-state index in [-0.39, 0.29) is 0 Å². The number of rotatable bonds is 3. The van der Waals surface area contributed by atoms with Gasteiger partial charge < -0.3 is 15.4 Å². The number of hydrogen-bond acceptors (Lipinski definition) is 4. The first-order valence-corrected chi connectivity index (χ1v) is 6.48. The number of ether oxygens (including phenoxy) is 1. The van der Waals surface area contributed by atoms with Crippen LogP contribution in [0.3, 0.4) is 0 Å². The summed E-state index contributed by atoms with van der Waals surface area (Å²) in [6, 6.07) is 0. The lowest BCUT2D eigenvalue weighted by Gasteiger charge is -2.49.